The highest BCUT2D eigenvalue weighted by molar-refractivity contribution is 7.89. The number of nitrogens with zero attached hydrogens (tertiary/aromatic N) is 1. The molecule has 1 aromatic heterocycles. The van der Waals surface area contributed by atoms with E-state index in [0.29, 0.717) is 11.4 Å². The predicted octanol–water partition coefficient (Wildman–Crippen LogP) is 2.77. The Morgan fingerprint density at radius 2 is 1.80 bits per heavy atom. The van der Waals surface area contributed by atoms with E-state index in [4.69, 9.17) is 14.6 Å². The minimum Gasteiger partial charge on any atom is -0.495 e. The second-order valence-corrected chi connectivity index (χ2v) is 8.46. The van der Waals surface area contributed by atoms with Crippen molar-refractivity contribution >= 4 is 38.1 Å². The van der Waals surface area contributed by atoms with Gasteiger partial charge in [0, 0.05) is 23.6 Å². The van der Waals surface area contributed by atoms with Crippen LogP contribution in [0.3, 0.4) is 0 Å². The van der Waals surface area contributed by atoms with Gasteiger partial charge in [-0.2, -0.15) is 0 Å². The molecular weight excluding hydrogens is 428 g/mol. The highest BCUT2D eigenvalue weighted by Gasteiger charge is 2.19. The van der Waals surface area contributed by atoms with Gasteiger partial charge in [0.1, 0.15) is 16.4 Å². The number of carbonyl (C=O) groups is 1. The molecule has 30 heavy (non-hydrogen) atoms. The van der Waals surface area contributed by atoms with Gasteiger partial charge in [-0.1, -0.05) is 0 Å². The van der Waals surface area contributed by atoms with E-state index in [9.17, 15) is 13.2 Å². The number of methoxy groups -OCH3 is 2. The van der Waals surface area contributed by atoms with Gasteiger partial charge in [-0.25, -0.2) is 18.5 Å². The van der Waals surface area contributed by atoms with E-state index in [0.717, 1.165) is 16.4 Å². The van der Waals surface area contributed by atoms with Crippen LogP contribution in [0.4, 0.5) is 10.8 Å². The fourth-order valence-corrected chi connectivity index (χ4v) is 4.12. The van der Waals surface area contributed by atoms with Crippen LogP contribution in [0.2, 0.25) is 0 Å². The van der Waals surface area contributed by atoms with E-state index in [1.165, 1.54) is 43.8 Å². The number of benzene rings is 2. The van der Waals surface area contributed by atoms with Crippen LogP contribution in [0.15, 0.2) is 46.7 Å². The van der Waals surface area contributed by atoms with Gasteiger partial charge >= 0.3 is 0 Å². The summed E-state index contributed by atoms with van der Waals surface area (Å²) < 4.78 is 34.0. The molecule has 11 heteroatoms. The summed E-state index contributed by atoms with van der Waals surface area (Å²) in [6, 6.07) is 9.26. The number of aromatic nitrogens is 1. The Hall–Kier alpha value is -3.15. The lowest BCUT2D eigenvalue weighted by atomic mass is 10.1. The van der Waals surface area contributed by atoms with Crippen molar-refractivity contribution in [3.8, 4) is 22.8 Å². The molecule has 0 unspecified atom stereocenters. The Labute approximate surface area is 177 Å². The van der Waals surface area contributed by atoms with Gasteiger partial charge in [-0.05, 0) is 36.4 Å². The SMILES string of the molecule is CNc1nc(-c2ccc(OC)c(NC(=O)c3ccc(OC)c(S(N)(=O)=O)c3)c2)cs1. The maximum Gasteiger partial charge on any atom is 0.255 e. The second-order valence-electron chi connectivity index (χ2n) is 6.07. The van der Waals surface area contributed by atoms with Crippen LogP contribution < -0.4 is 25.2 Å². The van der Waals surface area contributed by atoms with E-state index in [2.05, 4.69) is 15.6 Å². The molecule has 0 saturated heterocycles. The second kappa shape index (κ2) is 8.69. The van der Waals surface area contributed by atoms with Crippen LogP contribution in [-0.2, 0) is 10.0 Å². The van der Waals surface area contributed by atoms with Crippen molar-refractivity contribution in [1.82, 2.24) is 4.98 Å². The molecule has 4 N–H and O–H groups in total. The van der Waals surface area contributed by atoms with Crippen LogP contribution in [0.5, 0.6) is 11.5 Å². The Balaban J connectivity index is 1.95. The summed E-state index contributed by atoms with van der Waals surface area (Å²) in [6.45, 7) is 0. The number of anilines is 2. The van der Waals surface area contributed by atoms with Crippen molar-refractivity contribution in [1.29, 1.82) is 0 Å². The summed E-state index contributed by atoms with van der Waals surface area (Å²) in [5.41, 5.74) is 2.03. The summed E-state index contributed by atoms with van der Waals surface area (Å²) in [5.74, 6) is -0.0407. The van der Waals surface area contributed by atoms with Crippen molar-refractivity contribution in [3.63, 3.8) is 0 Å². The zero-order valence-electron chi connectivity index (χ0n) is 16.4. The van der Waals surface area contributed by atoms with Gasteiger partial charge < -0.3 is 20.1 Å². The lowest BCUT2D eigenvalue weighted by molar-refractivity contribution is 0.102. The number of nitrogens with two attached hydrogens (primary N) is 1. The van der Waals surface area contributed by atoms with Gasteiger partial charge in [0.25, 0.3) is 5.91 Å². The smallest absolute Gasteiger partial charge is 0.255 e. The zero-order valence-corrected chi connectivity index (χ0v) is 18.1. The average Bonchev–Trinajstić information content (AvgIpc) is 3.22. The molecule has 2 aromatic carbocycles. The highest BCUT2D eigenvalue weighted by atomic mass is 32.2. The number of nitrogens with one attached hydrogen (secondary N) is 2. The molecular formula is C19H20N4O5S2. The van der Waals surface area contributed by atoms with Crippen LogP contribution in [0, 0.1) is 0 Å². The monoisotopic (exact) mass is 448 g/mol. The maximum absolute atomic E-state index is 12.8. The molecule has 3 aromatic rings. The molecule has 1 amide bonds. The number of primary sulfonamides is 1. The largest absolute Gasteiger partial charge is 0.495 e. The van der Waals surface area contributed by atoms with Gasteiger partial charge in [0.2, 0.25) is 10.0 Å². The molecule has 0 atom stereocenters. The van der Waals surface area contributed by atoms with Crippen molar-refractivity contribution in [2.24, 2.45) is 5.14 Å². The van der Waals surface area contributed by atoms with Crippen molar-refractivity contribution in [2.75, 3.05) is 31.9 Å². The number of sulfonamides is 1. The van der Waals surface area contributed by atoms with E-state index >= 15 is 0 Å². The van der Waals surface area contributed by atoms with E-state index in [1.54, 1.807) is 19.2 Å². The molecule has 0 spiro atoms. The van der Waals surface area contributed by atoms with Crippen LogP contribution in [-0.4, -0.2) is 40.6 Å². The fourth-order valence-electron chi connectivity index (χ4n) is 2.72. The third-order valence-corrected chi connectivity index (χ3v) is 5.99. The minimum atomic E-state index is -4.07. The Bertz CT molecular complexity index is 1190. The molecule has 3 rings (SSSR count). The van der Waals surface area contributed by atoms with Crippen molar-refractivity contribution in [3.05, 3.63) is 47.3 Å². The summed E-state index contributed by atoms with van der Waals surface area (Å²) in [6.07, 6.45) is 0. The minimum absolute atomic E-state index is 0.0532. The first-order chi connectivity index (χ1) is 14.3. The topological polar surface area (TPSA) is 133 Å². The molecule has 0 aliphatic rings. The number of carbonyl (C=O) groups excluding carboxylic acids is 1. The summed E-state index contributed by atoms with van der Waals surface area (Å²) in [4.78, 5) is 17.0. The summed E-state index contributed by atoms with van der Waals surface area (Å²) in [7, 11) is 0.514. The maximum atomic E-state index is 12.8. The van der Waals surface area contributed by atoms with Gasteiger partial charge in [0.05, 0.1) is 25.6 Å². The summed E-state index contributed by atoms with van der Waals surface area (Å²) in [5, 5.41) is 13.6. The third-order valence-electron chi connectivity index (χ3n) is 4.19. The molecule has 9 nitrogen and oxygen atoms in total. The molecule has 0 saturated carbocycles. The number of hydrogen-bond acceptors (Lipinski definition) is 8. The molecule has 0 bridgehead atoms. The highest BCUT2D eigenvalue weighted by Crippen LogP contribution is 2.33. The lowest BCUT2D eigenvalue weighted by Gasteiger charge is -2.13. The molecule has 0 aliphatic carbocycles. The van der Waals surface area contributed by atoms with Crippen LogP contribution in [0.25, 0.3) is 11.3 Å². The molecule has 1 heterocycles. The van der Waals surface area contributed by atoms with Gasteiger partial charge in [-0.15, -0.1) is 11.3 Å². The lowest BCUT2D eigenvalue weighted by Crippen LogP contribution is -2.17. The number of ether oxygens (including phenoxy) is 2. The molecule has 158 valence electrons. The first-order valence-electron chi connectivity index (χ1n) is 8.60. The van der Waals surface area contributed by atoms with Gasteiger partial charge in [0.15, 0.2) is 5.13 Å². The third kappa shape index (κ3) is 4.53. The van der Waals surface area contributed by atoms with Crippen LogP contribution in [0.1, 0.15) is 10.4 Å². The van der Waals surface area contributed by atoms with E-state index in [1.807, 2.05) is 11.4 Å². The van der Waals surface area contributed by atoms with Crippen molar-refractivity contribution in [2.45, 2.75) is 4.90 Å². The Morgan fingerprint density at radius 1 is 1.10 bits per heavy atom. The standard InChI is InChI=1S/C19H20N4O5S2/c1-21-19-23-14(10-29-19)11-4-6-15(27-2)13(8-11)22-18(24)12-5-7-16(28-3)17(9-12)30(20,25)26/h4-10H,1-3H3,(H,21,23)(H,22,24)(H2,20,25,26). The molecule has 0 radical (unpaired) electrons. The van der Waals surface area contributed by atoms with Crippen molar-refractivity contribution < 1.29 is 22.7 Å². The normalized spacial score (nSPS) is 11.1. The predicted molar refractivity (Wildman–Crippen MR) is 116 cm³/mol. The first-order valence-corrected chi connectivity index (χ1v) is 11.0. The fraction of sp³-hybridized carbons (Fsp3) is 0.158. The average molecular weight is 449 g/mol. The Morgan fingerprint density at radius 3 is 2.40 bits per heavy atom. The number of amides is 1. The van der Waals surface area contributed by atoms with Crippen LogP contribution >= 0.6 is 11.3 Å². The molecule has 0 fully saturated rings. The quantitative estimate of drug-likeness (QED) is 0.506. The Kier molecular flexibility index (Phi) is 6.25. The molecule has 0 aliphatic heterocycles. The zero-order chi connectivity index (χ0) is 21.9. The van der Waals surface area contributed by atoms with E-state index < -0.39 is 15.9 Å². The number of thiazole rings is 1. The van der Waals surface area contributed by atoms with Gasteiger partial charge in [-0.3, -0.25) is 4.79 Å². The van der Waals surface area contributed by atoms with E-state index in [-0.39, 0.29) is 16.2 Å². The summed E-state index contributed by atoms with van der Waals surface area (Å²) >= 11 is 1.46. The number of rotatable bonds is 7. The first kappa shape index (κ1) is 21.6. The number of hydrogen-bond donors (Lipinski definition) is 3.